The summed E-state index contributed by atoms with van der Waals surface area (Å²) in [5.41, 5.74) is 6.36. The summed E-state index contributed by atoms with van der Waals surface area (Å²) in [6, 6.07) is 15.7. The van der Waals surface area contributed by atoms with Crippen molar-refractivity contribution < 1.29 is 4.74 Å². The number of nitrogen functional groups attached to an aromatic ring is 1. The molecule has 0 aromatic heterocycles. The van der Waals surface area contributed by atoms with Crippen molar-refractivity contribution in [1.82, 2.24) is 0 Å². The maximum atomic E-state index is 5.63. The molecule has 2 N–H and O–H groups in total. The van der Waals surface area contributed by atoms with Gasteiger partial charge in [-0.05, 0) is 52.3 Å². The Kier molecular flexibility index (Phi) is 4.96. The highest BCUT2D eigenvalue weighted by Gasteiger charge is 1.99. The van der Waals surface area contributed by atoms with E-state index < -0.39 is 0 Å². The molecule has 0 saturated carbocycles. The second-order valence-corrected chi connectivity index (χ2v) is 5.69. The van der Waals surface area contributed by atoms with Crippen molar-refractivity contribution in [2.24, 2.45) is 0 Å². The molecule has 94 valence electrons. The quantitative estimate of drug-likeness (QED) is 0.508. The van der Waals surface area contributed by atoms with E-state index in [1.165, 1.54) is 4.90 Å². The number of hydrogen-bond donors (Lipinski definition) is 1. The zero-order valence-electron chi connectivity index (χ0n) is 9.80. The minimum absolute atomic E-state index is 0.677. The average molecular weight is 324 g/mol. The predicted octanol–water partition coefficient (Wildman–Crippen LogP) is 4.20. The van der Waals surface area contributed by atoms with Gasteiger partial charge in [-0.3, -0.25) is 0 Å². The Labute approximate surface area is 120 Å². The molecule has 2 aromatic carbocycles. The van der Waals surface area contributed by atoms with Gasteiger partial charge in [0, 0.05) is 20.8 Å². The number of benzene rings is 2. The number of hydrogen-bond acceptors (Lipinski definition) is 3. The lowest BCUT2D eigenvalue weighted by atomic mass is 10.3. The highest BCUT2D eigenvalue weighted by atomic mass is 79.9. The molecule has 0 unspecified atom stereocenters. The first-order valence-electron chi connectivity index (χ1n) is 5.61. The van der Waals surface area contributed by atoms with Crippen LogP contribution in [0, 0.1) is 0 Å². The fourth-order valence-electron chi connectivity index (χ4n) is 1.44. The number of anilines is 1. The fraction of sp³-hybridized carbons (Fsp3) is 0.143. The molecule has 0 bridgehead atoms. The van der Waals surface area contributed by atoms with Crippen molar-refractivity contribution in [3.63, 3.8) is 0 Å². The first-order chi connectivity index (χ1) is 8.75. The van der Waals surface area contributed by atoms with Crippen LogP contribution in [0.5, 0.6) is 5.75 Å². The number of halogens is 1. The Balaban J connectivity index is 1.76. The van der Waals surface area contributed by atoms with Crippen molar-refractivity contribution in [3.05, 3.63) is 53.0 Å². The van der Waals surface area contributed by atoms with Gasteiger partial charge in [0.05, 0.1) is 6.61 Å². The maximum absolute atomic E-state index is 5.63. The number of nitrogens with two attached hydrogens (primary N) is 1. The number of ether oxygens (including phenoxy) is 1. The smallest absolute Gasteiger partial charge is 0.119 e. The molecular formula is C14H14BrNOS. The molecule has 0 spiro atoms. The molecule has 0 heterocycles. The molecule has 2 aromatic rings. The Morgan fingerprint density at radius 3 is 2.50 bits per heavy atom. The molecule has 0 aliphatic heterocycles. The van der Waals surface area contributed by atoms with Gasteiger partial charge in [-0.15, -0.1) is 11.8 Å². The van der Waals surface area contributed by atoms with E-state index in [0.717, 1.165) is 21.7 Å². The van der Waals surface area contributed by atoms with Crippen LogP contribution in [-0.2, 0) is 0 Å². The first kappa shape index (κ1) is 13.3. The van der Waals surface area contributed by atoms with Crippen molar-refractivity contribution in [3.8, 4) is 5.75 Å². The van der Waals surface area contributed by atoms with E-state index >= 15 is 0 Å². The molecule has 0 aliphatic carbocycles. The van der Waals surface area contributed by atoms with E-state index in [-0.39, 0.29) is 0 Å². The molecule has 0 radical (unpaired) electrons. The van der Waals surface area contributed by atoms with Crippen molar-refractivity contribution in [1.29, 1.82) is 0 Å². The van der Waals surface area contributed by atoms with Crippen LogP contribution in [0.1, 0.15) is 0 Å². The van der Waals surface area contributed by atoms with Crippen LogP contribution in [0.4, 0.5) is 5.69 Å². The molecule has 0 amide bonds. The highest BCUT2D eigenvalue weighted by Crippen LogP contribution is 2.26. The zero-order valence-corrected chi connectivity index (χ0v) is 12.2. The molecule has 18 heavy (non-hydrogen) atoms. The Morgan fingerprint density at radius 1 is 1.06 bits per heavy atom. The van der Waals surface area contributed by atoms with Crippen LogP contribution in [0.2, 0.25) is 0 Å². The van der Waals surface area contributed by atoms with E-state index in [1.54, 1.807) is 11.8 Å². The molecule has 0 saturated heterocycles. The third-order valence-electron chi connectivity index (χ3n) is 2.33. The van der Waals surface area contributed by atoms with Crippen molar-refractivity contribution in [2.45, 2.75) is 4.90 Å². The zero-order chi connectivity index (χ0) is 12.8. The molecule has 0 atom stereocenters. The van der Waals surface area contributed by atoms with Gasteiger partial charge in [0.1, 0.15) is 5.75 Å². The van der Waals surface area contributed by atoms with Crippen LogP contribution < -0.4 is 10.5 Å². The normalized spacial score (nSPS) is 10.3. The monoisotopic (exact) mass is 323 g/mol. The predicted molar refractivity (Wildman–Crippen MR) is 81.2 cm³/mol. The minimum atomic E-state index is 0.677. The molecular weight excluding hydrogens is 310 g/mol. The van der Waals surface area contributed by atoms with E-state index in [0.29, 0.717) is 6.61 Å². The summed E-state index contributed by atoms with van der Waals surface area (Å²) in [5.74, 6) is 1.77. The van der Waals surface area contributed by atoms with Gasteiger partial charge in [-0.25, -0.2) is 0 Å². The van der Waals surface area contributed by atoms with Gasteiger partial charge < -0.3 is 10.5 Å². The molecule has 2 nitrogen and oxygen atoms in total. The Bertz CT molecular complexity index is 501. The lowest BCUT2D eigenvalue weighted by Crippen LogP contribution is -2.00. The third kappa shape index (κ3) is 3.96. The second kappa shape index (κ2) is 6.71. The SMILES string of the molecule is Nc1ccc(OCCSc2ccccc2Br)cc1. The van der Waals surface area contributed by atoms with Crippen molar-refractivity contribution in [2.75, 3.05) is 18.1 Å². The molecule has 0 aliphatic rings. The van der Waals surface area contributed by atoms with Crippen molar-refractivity contribution >= 4 is 33.4 Å². The Morgan fingerprint density at radius 2 is 1.78 bits per heavy atom. The fourth-order valence-corrected chi connectivity index (χ4v) is 2.83. The number of thioether (sulfide) groups is 1. The lowest BCUT2D eigenvalue weighted by Gasteiger charge is -2.07. The minimum Gasteiger partial charge on any atom is -0.493 e. The van der Waals surface area contributed by atoms with E-state index in [2.05, 4.69) is 22.0 Å². The summed E-state index contributed by atoms with van der Waals surface area (Å²) in [5, 5.41) is 0. The largest absolute Gasteiger partial charge is 0.493 e. The van der Waals surface area contributed by atoms with Crippen LogP contribution in [-0.4, -0.2) is 12.4 Å². The van der Waals surface area contributed by atoms with Gasteiger partial charge >= 0.3 is 0 Å². The summed E-state index contributed by atoms with van der Waals surface area (Å²) in [6.45, 7) is 0.677. The standard InChI is InChI=1S/C14H14BrNOS/c15-13-3-1-2-4-14(13)18-10-9-17-12-7-5-11(16)6-8-12/h1-8H,9-10,16H2. The molecule has 2 rings (SSSR count). The van der Waals surface area contributed by atoms with Crippen LogP contribution in [0.3, 0.4) is 0 Å². The van der Waals surface area contributed by atoms with Gasteiger partial charge in [-0.1, -0.05) is 12.1 Å². The third-order valence-corrected chi connectivity index (χ3v) is 4.32. The summed E-state index contributed by atoms with van der Waals surface area (Å²) < 4.78 is 6.76. The van der Waals surface area contributed by atoms with Gasteiger partial charge in [-0.2, -0.15) is 0 Å². The van der Waals surface area contributed by atoms with Crippen LogP contribution in [0.25, 0.3) is 0 Å². The maximum Gasteiger partial charge on any atom is 0.119 e. The summed E-state index contributed by atoms with van der Waals surface area (Å²) >= 11 is 5.30. The molecule has 4 heteroatoms. The van der Waals surface area contributed by atoms with E-state index in [1.807, 2.05) is 42.5 Å². The van der Waals surface area contributed by atoms with Crippen LogP contribution in [0.15, 0.2) is 57.9 Å². The lowest BCUT2D eigenvalue weighted by molar-refractivity contribution is 0.344. The average Bonchev–Trinajstić information content (AvgIpc) is 2.39. The van der Waals surface area contributed by atoms with Gasteiger partial charge in [0.25, 0.3) is 0 Å². The van der Waals surface area contributed by atoms with Gasteiger partial charge in [0.2, 0.25) is 0 Å². The van der Waals surface area contributed by atoms with Gasteiger partial charge in [0.15, 0.2) is 0 Å². The number of rotatable bonds is 5. The highest BCUT2D eigenvalue weighted by molar-refractivity contribution is 9.10. The van der Waals surface area contributed by atoms with E-state index in [4.69, 9.17) is 10.5 Å². The second-order valence-electron chi connectivity index (χ2n) is 3.70. The summed E-state index contributed by atoms with van der Waals surface area (Å²) in [6.07, 6.45) is 0. The molecule has 0 fully saturated rings. The van der Waals surface area contributed by atoms with E-state index in [9.17, 15) is 0 Å². The first-order valence-corrected chi connectivity index (χ1v) is 7.39. The summed E-state index contributed by atoms with van der Waals surface area (Å²) in [4.78, 5) is 1.23. The van der Waals surface area contributed by atoms with Crippen LogP contribution >= 0.6 is 27.7 Å². The summed E-state index contributed by atoms with van der Waals surface area (Å²) in [7, 11) is 0. The topological polar surface area (TPSA) is 35.2 Å². The Hall–Kier alpha value is -1.13.